The van der Waals surface area contributed by atoms with Gasteiger partial charge < -0.3 is 34.7 Å². The van der Waals surface area contributed by atoms with Crippen molar-refractivity contribution in [1.29, 1.82) is 0 Å². The molecule has 3 rings (SSSR count). The maximum absolute atomic E-state index is 12.5. The number of carbonyl (C=O) groups is 3. The number of anilines is 1. The molecule has 37 heavy (non-hydrogen) atoms. The number of primary amides is 1. The zero-order valence-corrected chi connectivity index (χ0v) is 22.0. The van der Waals surface area contributed by atoms with Crippen molar-refractivity contribution in [3.63, 3.8) is 0 Å². The second kappa shape index (κ2) is 11.9. The van der Waals surface area contributed by atoms with Crippen molar-refractivity contribution in [3.8, 4) is 23.0 Å². The van der Waals surface area contributed by atoms with E-state index in [-0.39, 0.29) is 40.8 Å². The molecule has 2 aromatic rings. The lowest BCUT2D eigenvalue weighted by atomic mass is 9.93. The van der Waals surface area contributed by atoms with Crippen molar-refractivity contribution >= 4 is 35.3 Å². The number of amides is 2. The van der Waals surface area contributed by atoms with E-state index in [9.17, 15) is 14.4 Å². The summed E-state index contributed by atoms with van der Waals surface area (Å²) >= 11 is 6.28. The summed E-state index contributed by atoms with van der Waals surface area (Å²) in [7, 11) is 4.43. The Labute approximate surface area is 219 Å². The van der Waals surface area contributed by atoms with Crippen molar-refractivity contribution in [2.45, 2.75) is 39.7 Å². The number of nitrogens with one attached hydrogen (secondary N) is 1. The van der Waals surface area contributed by atoms with Gasteiger partial charge in [-0.25, -0.2) is 9.59 Å². The fourth-order valence-corrected chi connectivity index (χ4v) is 4.39. The lowest BCUT2D eigenvalue weighted by Crippen LogP contribution is -2.22. The summed E-state index contributed by atoms with van der Waals surface area (Å²) in [6, 6.07) is 2.31. The van der Waals surface area contributed by atoms with Crippen LogP contribution in [0.1, 0.15) is 46.8 Å². The topological polar surface area (TPSA) is 135 Å². The van der Waals surface area contributed by atoms with Crippen LogP contribution >= 0.6 is 11.6 Å². The molecule has 10 nitrogen and oxygen atoms in total. The molecule has 0 aliphatic carbocycles. The molecular formula is C26H29ClN2O8. The van der Waals surface area contributed by atoms with Crippen molar-refractivity contribution in [2.75, 3.05) is 26.6 Å². The van der Waals surface area contributed by atoms with Gasteiger partial charge in [-0.3, -0.25) is 4.79 Å². The Hall–Kier alpha value is -3.92. The Morgan fingerprint density at radius 2 is 1.78 bits per heavy atom. The molecule has 0 radical (unpaired) electrons. The molecule has 0 atom stereocenters. The van der Waals surface area contributed by atoms with Gasteiger partial charge in [0.1, 0.15) is 17.4 Å². The zero-order valence-electron chi connectivity index (χ0n) is 21.3. The van der Waals surface area contributed by atoms with Crippen LogP contribution in [0.5, 0.6) is 23.0 Å². The van der Waals surface area contributed by atoms with E-state index in [0.717, 1.165) is 11.1 Å². The first-order chi connectivity index (χ1) is 17.6. The molecule has 0 fully saturated rings. The minimum Gasteiger partial charge on any atom is -0.496 e. The predicted octanol–water partition coefficient (Wildman–Crippen LogP) is 4.71. The van der Waals surface area contributed by atoms with Gasteiger partial charge in [-0.15, -0.1) is 0 Å². The molecule has 0 saturated heterocycles. The average molecular weight is 533 g/mol. The molecule has 0 unspecified atom stereocenters. The molecule has 198 valence electrons. The van der Waals surface area contributed by atoms with E-state index in [4.69, 9.17) is 41.0 Å². The number of methoxy groups -OCH3 is 3. The molecule has 0 saturated carbocycles. The first-order valence-electron chi connectivity index (χ1n) is 11.4. The number of allylic oxidation sites excluding steroid dienone is 2. The molecule has 1 aliphatic heterocycles. The highest BCUT2D eigenvalue weighted by atomic mass is 35.5. The van der Waals surface area contributed by atoms with Gasteiger partial charge >= 0.3 is 18.0 Å². The standard InChI is InChI=1S/C26H29ClN2O8/c1-13(7-11-19(30)37-17-9-10-18(33-3)24(35-5)21(17)27)6-8-15-22(29-26(28)32)20-16(12-36-25(20)31)14(2)23(15)34-4/h6,9-10H,7-8,11-12H2,1-5H3,(H3,28,29,32). The number of urea groups is 1. The van der Waals surface area contributed by atoms with E-state index < -0.39 is 18.0 Å². The van der Waals surface area contributed by atoms with E-state index in [1.807, 2.05) is 19.9 Å². The molecule has 0 aromatic heterocycles. The summed E-state index contributed by atoms with van der Waals surface area (Å²) in [6.45, 7) is 3.77. The third kappa shape index (κ3) is 5.91. The molecule has 11 heteroatoms. The van der Waals surface area contributed by atoms with Gasteiger partial charge in [-0.2, -0.15) is 0 Å². The molecule has 2 aromatic carbocycles. The molecule has 0 bridgehead atoms. The van der Waals surface area contributed by atoms with Gasteiger partial charge in [0.05, 0.1) is 32.6 Å². The Kier molecular flexibility index (Phi) is 8.88. The third-order valence-corrected chi connectivity index (χ3v) is 6.33. The van der Waals surface area contributed by atoms with Crippen LogP contribution in [-0.4, -0.2) is 39.3 Å². The maximum Gasteiger partial charge on any atom is 0.341 e. The number of fused-ring (bicyclic) bond motifs is 1. The molecule has 1 heterocycles. The largest absolute Gasteiger partial charge is 0.496 e. The summed E-state index contributed by atoms with van der Waals surface area (Å²) in [5.74, 6) is 0.357. The van der Waals surface area contributed by atoms with Gasteiger partial charge in [-0.1, -0.05) is 23.3 Å². The zero-order chi connectivity index (χ0) is 27.3. The number of hydrogen-bond donors (Lipinski definition) is 2. The van der Waals surface area contributed by atoms with E-state index in [1.165, 1.54) is 27.4 Å². The van der Waals surface area contributed by atoms with Crippen LogP contribution in [0.15, 0.2) is 23.8 Å². The Morgan fingerprint density at radius 3 is 2.41 bits per heavy atom. The minimum absolute atomic E-state index is 0.0884. The molecule has 0 spiro atoms. The Bertz CT molecular complexity index is 1270. The number of nitrogens with two attached hydrogens (primary N) is 1. The molecule has 2 amide bonds. The maximum atomic E-state index is 12.5. The van der Waals surface area contributed by atoms with Crippen LogP contribution in [0.3, 0.4) is 0 Å². The second-order valence-corrected chi connectivity index (χ2v) is 8.65. The van der Waals surface area contributed by atoms with Crippen LogP contribution in [-0.2, 0) is 22.6 Å². The van der Waals surface area contributed by atoms with E-state index >= 15 is 0 Å². The summed E-state index contributed by atoms with van der Waals surface area (Å²) in [5.41, 5.74) is 8.76. The van der Waals surface area contributed by atoms with Crippen molar-refractivity contribution in [2.24, 2.45) is 5.73 Å². The molecular weight excluding hydrogens is 504 g/mol. The lowest BCUT2D eigenvalue weighted by Gasteiger charge is -2.19. The van der Waals surface area contributed by atoms with E-state index in [1.54, 1.807) is 6.07 Å². The van der Waals surface area contributed by atoms with Crippen molar-refractivity contribution in [1.82, 2.24) is 0 Å². The Morgan fingerprint density at radius 1 is 1.11 bits per heavy atom. The van der Waals surface area contributed by atoms with Gasteiger partial charge in [0.2, 0.25) is 0 Å². The number of rotatable bonds is 10. The van der Waals surface area contributed by atoms with Crippen molar-refractivity contribution < 1.29 is 38.1 Å². The highest BCUT2D eigenvalue weighted by molar-refractivity contribution is 6.34. The normalized spacial score (nSPS) is 12.5. The number of hydrogen-bond acceptors (Lipinski definition) is 8. The average Bonchev–Trinajstić information content (AvgIpc) is 3.25. The van der Waals surface area contributed by atoms with Gasteiger partial charge in [0.15, 0.2) is 17.2 Å². The monoisotopic (exact) mass is 532 g/mol. The van der Waals surface area contributed by atoms with Gasteiger partial charge in [0.25, 0.3) is 0 Å². The number of halogens is 1. The summed E-state index contributed by atoms with van der Waals surface area (Å²) in [5, 5.41) is 2.69. The molecule has 1 aliphatic rings. The number of carbonyl (C=O) groups excluding carboxylic acids is 3. The van der Waals surface area contributed by atoms with E-state index in [0.29, 0.717) is 35.5 Å². The van der Waals surface area contributed by atoms with Crippen LogP contribution in [0.2, 0.25) is 5.02 Å². The summed E-state index contributed by atoms with van der Waals surface area (Å²) < 4.78 is 26.6. The quantitative estimate of drug-likeness (QED) is 0.255. The molecule has 3 N–H and O–H groups in total. The van der Waals surface area contributed by atoms with Crippen LogP contribution < -0.4 is 30.0 Å². The van der Waals surface area contributed by atoms with Gasteiger partial charge in [0, 0.05) is 17.5 Å². The first kappa shape index (κ1) is 27.7. The number of ether oxygens (including phenoxy) is 5. The van der Waals surface area contributed by atoms with Gasteiger partial charge in [-0.05, 0) is 44.4 Å². The fourth-order valence-electron chi connectivity index (χ4n) is 4.12. The SMILES string of the molecule is COc1ccc(OC(=O)CCC(C)=CCc2c(NC(N)=O)c3c(c(C)c2OC)COC3=O)c(Cl)c1OC. The third-order valence-electron chi connectivity index (χ3n) is 5.98. The number of esters is 2. The van der Waals surface area contributed by atoms with E-state index in [2.05, 4.69) is 5.32 Å². The smallest absolute Gasteiger partial charge is 0.341 e. The minimum atomic E-state index is -0.814. The summed E-state index contributed by atoms with van der Waals surface area (Å²) in [6.07, 6.45) is 2.68. The predicted molar refractivity (Wildman–Crippen MR) is 137 cm³/mol. The first-order valence-corrected chi connectivity index (χ1v) is 11.7. The van der Waals surface area contributed by atoms with Crippen LogP contribution in [0.4, 0.5) is 10.5 Å². The Balaban J connectivity index is 1.77. The second-order valence-electron chi connectivity index (χ2n) is 8.27. The van der Waals surface area contributed by atoms with Crippen LogP contribution in [0, 0.1) is 6.92 Å². The highest BCUT2D eigenvalue weighted by Crippen LogP contribution is 2.42. The highest BCUT2D eigenvalue weighted by Gasteiger charge is 2.32. The lowest BCUT2D eigenvalue weighted by molar-refractivity contribution is -0.134. The van der Waals surface area contributed by atoms with Crippen LogP contribution in [0.25, 0.3) is 0 Å². The number of cyclic esters (lactones) is 1. The summed E-state index contributed by atoms with van der Waals surface area (Å²) in [4.78, 5) is 36.6. The number of benzene rings is 2. The fraction of sp³-hybridized carbons (Fsp3) is 0.346. The van der Waals surface area contributed by atoms with Crippen molar-refractivity contribution in [3.05, 3.63) is 51.1 Å².